The van der Waals surface area contributed by atoms with Gasteiger partial charge in [-0.25, -0.2) is 4.39 Å². The van der Waals surface area contributed by atoms with Gasteiger partial charge in [0.05, 0.1) is 5.02 Å². The molecule has 0 aliphatic carbocycles. The van der Waals surface area contributed by atoms with Crippen molar-refractivity contribution in [2.24, 2.45) is 0 Å². The van der Waals surface area contributed by atoms with Crippen LogP contribution in [0.1, 0.15) is 15.9 Å². The fourth-order valence-electron chi connectivity index (χ4n) is 1.59. The van der Waals surface area contributed by atoms with Crippen LogP contribution in [-0.2, 0) is 6.54 Å². The zero-order chi connectivity index (χ0) is 14.7. The number of benzene rings is 2. The van der Waals surface area contributed by atoms with Gasteiger partial charge in [-0.05, 0) is 57.9 Å². The Balaban J connectivity index is 2.08. The SMILES string of the molecule is O=C(NCc1cc(F)ccc1Br)c1ccc(Br)c(Cl)c1. The van der Waals surface area contributed by atoms with Crippen LogP contribution in [0.5, 0.6) is 0 Å². The summed E-state index contributed by atoms with van der Waals surface area (Å²) in [5.41, 5.74) is 1.12. The molecule has 1 N–H and O–H groups in total. The molecule has 0 aliphatic heterocycles. The second kappa shape index (κ2) is 6.70. The number of carbonyl (C=O) groups excluding carboxylic acids is 1. The molecule has 0 radical (unpaired) electrons. The molecule has 0 heterocycles. The first-order valence-corrected chi connectivity index (χ1v) is 7.61. The molecule has 104 valence electrons. The van der Waals surface area contributed by atoms with Crippen LogP contribution in [0.4, 0.5) is 4.39 Å². The van der Waals surface area contributed by atoms with E-state index in [4.69, 9.17) is 11.6 Å². The lowest BCUT2D eigenvalue weighted by Crippen LogP contribution is -2.23. The van der Waals surface area contributed by atoms with Gasteiger partial charge in [0.1, 0.15) is 5.82 Å². The molecule has 0 fully saturated rings. The summed E-state index contributed by atoms with van der Waals surface area (Å²) in [5, 5.41) is 3.18. The molecular weight excluding hydrogens is 412 g/mol. The Morgan fingerprint density at radius 1 is 1.15 bits per heavy atom. The van der Waals surface area contributed by atoms with Crippen molar-refractivity contribution in [1.82, 2.24) is 5.32 Å². The molecule has 2 aromatic carbocycles. The van der Waals surface area contributed by atoms with Gasteiger partial charge in [-0.2, -0.15) is 0 Å². The third kappa shape index (κ3) is 3.81. The van der Waals surface area contributed by atoms with Crippen molar-refractivity contribution in [3.63, 3.8) is 0 Å². The summed E-state index contributed by atoms with van der Waals surface area (Å²) < 4.78 is 14.6. The van der Waals surface area contributed by atoms with Crippen LogP contribution in [0.15, 0.2) is 45.3 Å². The van der Waals surface area contributed by atoms with Crippen LogP contribution in [0.25, 0.3) is 0 Å². The Morgan fingerprint density at radius 3 is 2.55 bits per heavy atom. The number of amides is 1. The Hall–Kier alpha value is -0.910. The molecule has 0 aromatic heterocycles. The third-order valence-electron chi connectivity index (χ3n) is 2.63. The van der Waals surface area contributed by atoms with Gasteiger partial charge in [-0.15, -0.1) is 0 Å². The zero-order valence-corrected chi connectivity index (χ0v) is 14.0. The smallest absolute Gasteiger partial charge is 0.251 e. The van der Waals surface area contributed by atoms with Gasteiger partial charge in [0.2, 0.25) is 0 Å². The minimum Gasteiger partial charge on any atom is -0.348 e. The van der Waals surface area contributed by atoms with Gasteiger partial charge in [-0.3, -0.25) is 4.79 Å². The highest BCUT2D eigenvalue weighted by molar-refractivity contribution is 9.10. The lowest BCUT2D eigenvalue weighted by atomic mass is 10.2. The minimum absolute atomic E-state index is 0.227. The molecule has 0 spiro atoms. The van der Waals surface area contributed by atoms with Crippen molar-refractivity contribution in [1.29, 1.82) is 0 Å². The van der Waals surface area contributed by atoms with Crippen molar-refractivity contribution >= 4 is 49.4 Å². The van der Waals surface area contributed by atoms with Crippen LogP contribution in [0, 0.1) is 5.82 Å². The van der Waals surface area contributed by atoms with E-state index in [-0.39, 0.29) is 18.3 Å². The number of rotatable bonds is 3. The van der Waals surface area contributed by atoms with Crippen molar-refractivity contribution in [3.05, 3.63) is 67.3 Å². The van der Waals surface area contributed by atoms with Crippen LogP contribution < -0.4 is 5.32 Å². The zero-order valence-electron chi connectivity index (χ0n) is 10.1. The number of hydrogen-bond donors (Lipinski definition) is 1. The lowest BCUT2D eigenvalue weighted by molar-refractivity contribution is 0.0951. The summed E-state index contributed by atoms with van der Waals surface area (Å²) in [4.78, 5) is 12.0. The first kappa shape index (κ1) is 15.5. The number of halogens is 4. The molecule has 2 nitrogen and oxygen atoms in total. The molecule has 1 amide bonds. The normalized spacial score (nSPS) is 10.4. The fraction of sp³-hybridized carbons (Fsp3) is 0.0714. The number of hydrogen-bond acceptors (Lipinski definition) is 1. The van der Waals surface area contributed by atoms with Crippen molar-refractivity contribution in [3.8, 4) is 0 Å². The van der Waals surface area contributed by atoms with E-state index in [0.717, 1.165) is 8.95 Å². The van der Waals surface area contributed by atoms with Crippen molar-refractivity contribution < 1.29 is 9.18 Å². The maximum Gasteiger partial charge on any atom is 0.251 e. The highest BCUT2D eigenvalue weighted by Crippen LogP contribution is 2.23. The minimum atomic E-state index is -0.343. The molecule has 0 unspecified atom stereocenters. The van der Waals surface area contributed by atoms with Gasteiger partial charge in [0, 0.05) is 21.1 Å². The van der Waals surface area contributed by atoms with Crippen LogP contribution in [0.3, 0.4) is 0 Å². The van der Waals surface area contributed by atoms with Crippen LogP contribution >= 0.6 is 43.5 Å². The second-order valence-electron chi connectivity index (χ2n) is 4.05. The standard InChI is InChI=1S/C14H9Br2ClFNO/c15-11-4-2-10(18)5-9(11)7-19-14(20)8-1-3-12(16)13(17)6-8/h1-6H,7H2,(H,19,20). The molecular formula is C14H9Br2ClFNO. The summed E-state index contributed by atoms with van der Waals surface area (Å²) in [7, 11) is 0. The molecule has 20 heavy (non-hydrogen) atoms. The van der Waals surface area contributed by atoms with E-state index in [0.29, 0.717) is 16.1 Å². The Kier molecular flexibility index (Phi) is 5.18. The van der Waals surface area contributed by atoms with Crippen molar-refractivity contribution in [2.75, 3.05) is 0 Å². The Morgan fingerprint density at radius 2 is 1.85 bits per heavy atom. The Labute approximate surface area is 137 Å². The van der Waals surface area contributed by atoms with E-state index in [1.165, 1.54) is 12.1 Å². The third-order valence-corrected chi connectivity index (χ3v) is 4.64. The fourth-order valence-corrected chi connectivity index (χ4v) is 2.41. The van der Waals surface area contributed by atoms with E-state index in [2.05, 4.69) is 37.2 Å². The highest BCUT2D eigenvalue weighted by Gasteiger charge is 2.09. The Bertz CT molecular complexity index is 664. The van der Waals surface area contributed by atoms with E-state index in [9.17, 15) is 9.18 Å². The largest absolute Gasteiger partial charge is 0.348 e. The predicted molar refractivity (Wildman–Crippen MR) is 84.4 cm³/mol. The lowest BCUT2D eigenvalue weighted by Gasteiger charge is -2.08. The first-order chi connectivity index (χ1) is 9.47. The number of carbonyl (C=O) groups is 1. The first-order valence-electron chi connectivity index (χ1n) is 5.64. The number of nitrogens with one attached hydrogen (secondary N) is 1. The van der Waals surface area contributed by atoms with Gasteiger partial charge < -0.3 is 5.32 Å². The van der Waals surface area contributed by atoms with Gasteiger partial charge in [0.15, 0.2) is 0 Å². The molecule has 2 rings (SSSR count). The van der Waals surface area contributed by atoms with Gasteiger partial charge >= 0.3 is 0 Å². The average Bonchev–Trinajstić information content (AvgIpc) is 2.42. The second-order valence-corrected chi connectivity index (χ2v) is 6.16. The molecule has 0 saturated carbocycles. The molecule has 2 aromatic rings. The summed E-state index contributed by atoms with van der Waals surface area (Å²) >= 11 is 12.5. The molecule has 0 saturated heterocycles. The molecule has 0 atom stereocenters. The summed E-state index contributed by atoms with van der Waals surface area (Å²) in [6.45, 7) is 0.227. The predicted octanol–water partition coefficient (Wildman–Crippen LogP) is 4.93. The maximum atomic E-state index is 13.1. The van der Waals surface area contributed by atoms with E-state index in [1.807, 2.05) is 0 Å². The van der Waals surface area contributed by atoms with Crippen LogP contribution in [0.2, 0.25) is 5.02 Å². The van der Waals surface area contributed by atoms with Gasteiger partial charge in [-0.1, -0.05) is 27.5 Å². The molecule has 6 heteroatoms. The highest BCUT2D eigenvalue weighted by atomic mass is 79.9. The molecule has 0 aliphatic rings. The van der Waals surface area contributed by atoms with E-state index in [1.54, 1.807) is 24.3 Å². The summed E-state index contributed by atoms with van der Waals surface area (Å²) in [6, 6.07) is 9.26. The van der Waals surface area contributed by atoms with Crippen LogP contribution in [-0.4, -0.2) is 5.91 Å². The van der Waals surface area contributed by atoms with E-state index < -0.39 is 0 Å². The van der Waals surface area contributed by atoms with Crippen molar-refractivity contribution in [2.45, 2.75) is 6.54 Å². The maximum absolute atomic E-state index is 13.1. The monoisotopic (exact) mass is 419 g/mol. The topological polar surface area (TPSA) is 29.1 Å². The van der Waals surface area contributed by atoms with E-state index >= 15 is 0 Å². The quantitative estimate of drug-likeness (QED) is 0.748. The average molecular weight is 421 g/mol. The van der Waals surface area contributed by atoms with Gasteiger partial charge in [0.25, 0.3) is 5.91 Å². The summed E-state index contributed by atoms with van der Waals surface area (Å²) in [5.74, 6) is -0.611. The summed E-state index contributed by atoms with van der Waals surface area (Å²) in [6.07, 6.45) is 0. The molecule has 0 bridgehead atoms.